The van der Waals surface area contributed by atoms with Crippen LogP contribution in [0.3, 0.4) is 0 Å². The summed E-state index contributed by atoms with van der Waals surface area (Å²) in [6.07, 6.45) is 0. The molecule has 0 amide bonds. The lowest BCUT2D eigenvalue weighted by Crippen LogP contribution is -1.79. The van der Waals surface area contributed by atoms with Gasteiger partial charge in [-0.05, 0) is 46.9 Å². The van der Waals surface area contributed by atoms with Gasteiger partial charge in [0, 0.05) is 9.26 Å². The largest absolute Gasteiger partial charge is 0.399 e. The summed E-state index contributed by atoms with van der Waals surface area (Å²) in [5, 5.41) is 0. The first kappa shape index (κ1) is 11.0. The Bertz CT molecular complexity index is 308. The third kappa shape index (κ3) is 4.87. The van der Waals surface area contributed by atoms with Gasteiger partial charge in [-0.2, -0.15) is 0 Å². The van der Waals surface area contributed by atoms with Gasteiger partial charge in [-0.25, -0.2) is 0 Å². The monoisotopic (exact) mass is 297 g/mol. The molecule has 0 heterocycles. The Balaban J connectivity index is 0.000000140. The number of nitrogen functional groups attached to an aromatic ring is 1. The molecule has 0 unspecified atom stereocenters. The van der Waals surface area contributed by atoms with Crippen LogP contribution in [0.1, 0.15) is 0 Å². The molecule has 0 atom stereocenters. The average Bonchev–Trinajstić information content (AvgIpc) is 2.21. The van der Waals surface area contributed by atoms with Crippen LogP contribution in [0.2, 0.25) is 0 Å². The van der Waals surface area contributed by atoms with E-state index in [2.05, 4.69) is 34.7 Å². The van der Waals surface area contributed by atoms with E-state index in [9.17, 15) is 0 Å². The molecule has 0 saturated heterocycles. The lowest BCUT2D eigenvalue weighted by molar-refractivity contribution is 1.65. The Morgan fingerprint density at radius 1 is 0.714 bits per heavy atom. The molecule has 2 N–H and O–H groups in total. The van der Waals surface area contributed by atoms with E-state index in [0.717, 1.165) is 5.69 Å². The van der Waals surface area contributed by atoms with Gasteiger partial charge in [0.1, 0.15) is 0 Å². The van der Waals surface area contributed by atoms with E-state index in [0.29, 0.717) is 0 Å². The van der Waals surface area contributed by atoms with Gasteiger partial charge in [0.05, 0.1) is 0 Å². The van der Waals surface area contributed by atoms with Gasteiger partial charge in [-0.1, -0.05) is 36.4 Å². The van der Waals surface area contributed by atoms with Gasteiger partial charge in [0.2, 0.25) is 0 Å². The second-order valence-corrected chi connectivity index (χ2v) is 3.95. The number of anilines is 1. The second kappa shape index (κ2) is 6.43. The highest BCUT2D eigenvalue weighted by Crippen LogP contribution is 1.99. The SMILES string of the molecule is Ic1ccccc1.Nc1ccccc1. The van der Waals surface area contributed by atoms with Crippen LogP contribution in [0.4, 0.5) is 5.69 Å². The van der Waals surface area contributed by atoms with Crippen molar-refractivity contribution >= 4 is 28.3 Å². The van der Waals surface area contributed by atoms with E-state index in [1.165, 1.54) is 3.57 Å². The lowest BCUT2D eigenvalue weighted by atomic mass is 10.3. The molecule has 0 spiro atoms. The molecule has 0 aliphatic rings. The number of benzene rings is 2. The fourth-order valence-electron chi connectivity index (χ4n) is 0.868. The van der Waals surface area contributed by atoms with E-state index in [-0.39, 0.29) is 0 Å². The Labute approximate surface area is 98.1 Å². The average molecular weight is 297 g/mol. The van der Waals surface area contributed by atoms with Crippen LogP contribution in [0.15, 0.2) is 60.7 Å². The maximum atomic E-state index is 5.36. The number of para-hydroxylation sites is 1. The summed E-state index contributed by atoms with van der Waals surface area (Å²) in [6.45, 7) is 0. The Morgan fingerprint density at radius 2 is 1.14 bits per heavy atom. The molecule has 2 aromatic carbocycles. The molecule has 14 heavy (non-hydrogen) atoms. The molecule has 0 radical (unpaired) electrons. The number of halogens is 1. The Hall–Kier alpha value is -1.03. The standard InChI is InChI=1S/C6H5I.C6H7N/c2*7-6-4-2-1-3-5-6/h1-5H;1-5H,7H2. The summed E-state index contributed by atoms with van der Waals surface area (Å²) in [7, 11) is 0. The van der Waals surface area contributed by atoms with Gasteiger partial charge in [-0.3, -0.25) is 0 Å². The van der Waals surface area contributed by atoms with Gasteiger partial charge < -0.3 is 5.73 Å². The van der Waals surface area contributed by atoms with Crippen LogP contribution in [-0.2, 0) is 0 Å². The number of nitrogens with two attached hydrogens (primary N) is 1. The minimum atomic E-state index is 0.822. The van der Waals surface area contributed by atoms with Crippen LogP contribution >= 0.6 is 22.6 Å². The third-order valence-electron chi connectivity index (χ3n) is 1.53. The zero-order valence-corrected chi connectivity index (χ0v) is 9.89. The zero-order valence-electron chi connectivity index (χ0n) is 7.73. The number of hydrogen-bond donors (Lipinski definition) is 1. The van der Waals surface area contributed by atoms with Crippen molar-refractivity contribution in [3.63, 3.8) is 0 Å². The fourth-order valence-corrected chi connectivity index (χ4v) is 1.28. The molecule has 0 aromatic heterocycles. The van der Waals surface area contributed by atoms with E-state index in [4.69, 9.17) is 5.73 Å². The Morgan fingerprint density at radius 3 is 1.36 bits per heavy atom. The van der Waals surface area contributed by atoms with Crippen molar-refractivity contribution in [2.75, 3.05) is 5.73 Å². The summed E-state index contributed by atoms with van der Waals surface area (Å²) in [5.41, 5.74) is 6.18. The summed E-state index contributed by atoms with van der Waals surface area (Å²) >= 11 is 2.28. The molecule has 0 saturated carbocycles. The van der Waals surface area contributed by atoms with Crippen LogP contribution < -0.4 is 5.73 Å². The van der Waals surface area contributed by atoms with Crippen molar-refractivity contribution in [1.29, 1.82) is 0 Å². The van der Waals surface area contributed by atoms with Gasteiger partial charge >= 0.3 is 0 Å². The first-order valence-electron chi connectivity index (χ1n) is 4.30. The van der Waals surface area contributed by atoms with Crippen molar-refractivity contribution < 1.29 is 0 Å². The third-order valence-corrected chi connectivity index (χ3v) is 2.25. The fraction of sp³-hybridized carbons (Fsp3) is 0. The molecule has 1 nitrogen and oxygen atoms in total. The van der Waals surface area contributed by atoms with Crippen LogP contribution in [0.5, 0.6) is 0 Å². The van der Waals surface area contributed by atoms with Gasteiger partial charge in [-0.15, -0.1) is 0 Å². The highest BCUT2D eigenvalue weighted by Gasteiger charge is 1.74. The molecule has 72 valence electrons. The van der Waals surface area contributed by atoms with Crippen LogP contribution in [0, 0.1) is 3.57 Å². The number of rotatable bonds is 0. The first-order chi connectivity index (χ1) is 6.79. The van der Waals surface area contributed by atoms with Crippen molar-refractivity contribution in [1.82, 2.24) is 0 Å². The maximum absolute atomic E-state index is 5.36. The maximum Gasteiger partial charge on any atom is 0.0313 e. The van der Waals surface area contributed by atoms with Crippen LogP contribution in [-0.4, -0.2) is 0 Å². The quantitative estimate of drug-likeness (QED) is 0.584. The van der Waals surface area contributed by atoms with Crippen molar-refractivity contribution in [3.05, 3.63) is 64.2 Å². The minimum Gasteiger partial charge on any atom is -0.399 e. The molecule has 2 rings (SSSR count). The second-order valence-electron chi connectivity index (χ2n) is 2.71. The van der Waals surface area contributed by atoms with E-state index < -0.39 is 0 Å². The Kier molecular flexibility index (Phi) is 5.07. The molecule has 2 aromatic rings. The smallest absolute Gasteiger partial charge is 0.0313 e. The lowest BCUT2D eigenvalue weighted by Gasteiger charge is -1.83. The van der Waals surface area contributed by atoms with Gasteiger partial charge in [0.15, 0.2) is 0 Å². The summed E-state index contributed by atoms with van der Waals surface area (Å²) < 4.78 is 1.29. The van der Waals surface area contributed by atoms with Crippen molar-refractivity contribution in [3.8, 4) is 0 Å². The van der Waals surface area contributed by atoms with Crippen molar-refractivity contribution in [2.24, 2.45) is 0 Å². The van der Waals surface area contributed by atoms with E-state index in [1.54, 1.807) is 0 Å². The molecule has 2 heteroatoms. The summed E-state index contributed by atoms with van der Waals surface area (Å²) in [4.78, 5) is 0. The van der Waals surface area contributed by atoms with Crippen LogP contribution in [0.25, 0.3) is 0 Å². The first-order valence-corrected chi connectivity index (χ1v) is 5.38. The molecule has 0 fully saturated rings. The number of hydrogen-bond acceptors (Lipinski definition) is 1. The van der Waals surface area contributed by atoms with Gasteiger partial charge in [0.25, 0.3) is 0 Å². The molecule has 0 aliphatic heterocycles. The zero-order chi connectivity index (χ0) is 10.2. The summed E-state index contributed by atoms with van der Waals surface area (Å²) in [6, 6.07) is 19.7. The molecule has 0 aliphatic carbocycles. The van der Waals surface area contributed by atoms with E-state index >= 15 is 0 Å². The molecular weight excluding hydrogens is 285 g/mol. The van der Waals surface area contributed by atoms with E-state index in [1.807, 2.05) is 48.5 Å². The van der Waals surface area contributed by atoms with Crippen molar-refractivity contribution in [2.45, 2.75) is 0 Å². The summed E-state index contributed by atoms with van der Waals surface area (Å²) in [5.74, 6) is 0. The topological polar surface area (TPSA) is 26.0 Å². The predicted molar refractivity (Wildman–Crippen MR) is 70.0 cm³/mol. The normalized spacial score (nSPS) is 8.64. The molecule has 0 bridgehead atoms. The molecular formula is C12H12IN. The highest BCUT2D eigenvalue weighted by molar-refractivity contribution is 14.1. The minimum absolute atomic E-state index is 0.822. The predicted octanol–water partition coefficient (Wildman–Crippen LogP) is 3.56. The highest BCUT2D eigenvalue weighted by atomic mass is 127.